The van der Waals surface area contributed by atoms with Crippen molar-refractivity contribution in [2.45, 2.75) is 6.54 Å². The van der Waals surface area contributed by atoms with Crippen molar-refractivity contribution >= 4 is 11.7 Å². The number of nitrogen functional groups attached to an aromatic ring is 1. The summed E-state index contributed by atoms with van der Waals surface area (Å²) in [5, 5.41) is 5.00. The molecule has 72 valence electrons. The Balaban J connectivity index is 2.54. The van der Waals surface area contributed by atoms with E-state index in [0.29, 0.717) is 5.82 Å². The summed E-state index contributed by atoms with van der Waals surface area (Å²) in [5.74, 6) is 0.207. The van der Waals surface area contributed by atoms with Gasteiger partial charge in [-0.3, -0.25) is 14.3 Å². The summed E-state index contributed by atoms with van der Waals surface area (Å²) in [4.78, 5) is 16.0. The standard InChI is InChI=1S/C7H12N4O2/c1-10(13-2)7(12)5-11-4-3-6(8)9-11/h3-4H,5H2,1-2H3,(H2,8,9). The molecule has 0 aromatic carbocycles. The molecule has 0 fully saturated rings. The number of nitrogens with two attached hydrogens (primary N) is 1. The van der Waals surface area contributed by atoms with Gasteiger partial charge >= 0.3 is 0 Å². The highest BCUT2D eigenvalue weighted by Gasteiger charge is 2.08. The van der Waals surface area contributed by atoms with Crippen molar-refractivity contribution in [3.63, 3.8) is 0 Å². The van der Waals surface area contributed by atoms with Crippen molar-refractivity contribution < 1.29 is 9.63 Å². The molecule has 0 atom stereocenters. The van der Waals surface area contributed by atoms with E-state index in [2.05, 4.69) is 5.10 Å². The zero-order chi connectivity index (χ0) is 9.84. The molecular formula is C7H12N4O2. The summed E-state index contributed by atoms with van der Waals surface area (Å²) in [7, 11) is 2.96. The van der Waals surface area contributed by atoms with E-state index in [1.165, 1.54) is 18.8 Å². The van der Waals surface area contributed by atoms with Gasteiger partial charge in [-0.05, 0) is 6.07 Å². The molecular weight excluding hydrogens is 172 g/mol. The van der Waals surface area contributed by atoms with Crippen molar-refractivity contribution in [2.75, 3.05) is 19.9 Å². The van der Waals surface area contributed by atoms with Gasteiger partial charge in [0.2, 0.25) is 0 Å². The van der Waals surface area contributed by atoms with Crippen LogP contribution in [0.2, 0.25) is 0 Å². The zero-order valence-corrected chi connectivity index (χ0v) is 7.60. The number of anilines is 1. The first-order valence-corrected chi connectivity index (χ1v) is 3.73. The molecule has 0 aliphatic carbocycles. The van der Waals surface area contributed by atoms with Gasteiger partial charge < -0.3 is 5.73 Å². The van der Waals surface area contributed by atoms with E-state index in [-0.39, 0.29) is 12.5 Å². The maximum atomic E-state index is 11.3. The highest BCUT2D eigenvalue weighted by molar-refractivity contribution is 5.74. The van der Waals surface area contributed by atoms with Crippen LogP contribution in [0, 0.1) is 0 Å². The van der Waals surface area contributed by atoms with Gasteiger partial charge in [0.05, 0.1) is 7.11 Å². The van der Waals surface area contributed by atoms with Gasteiger partial charge in [0.15, 0.2) is 0 Å². The Morgan fingerprint density at radius 2 is 2.54 bits per heavy atom. The summed E-state index contributed by atoms with van der Waals surface area (Å²) in [6, 6.07) is 1.63. The lowest BCUT2D eigenvalue weighted by Crippen LogP contribution is -2.29. The molecule has 13 heavy (non-hydrogen) atoms. The van der Waals surface area contributed by atoms with Crippen molar-refractivity contribution in [3.8, 4) is 0 Å². The molecule has 0 unspecified atom stereocenters. The number of hydrogen-bond donors (Lipinski definition) is 1. The fourth-order valence-corrected chi connectivity index (χ4v) is 0.805. The summed E-state index contributed by atoms with van der Waals surface area (Å²) in [6.45, 7) is 0.127. The van der Waals surface area contributed by atoms with E-state index in [1.807, 2.05) is 0 Å². The molecule has 1 aromatic rings. The molecule has 0 saturated carbocycles. The molecule has 6 nitrogen and oxygen atoms in total. The molecule has 2 N–H and O–H groups in total. The Morgan fingerprint density at radius 1 is 1.85 bits per heavy atom. The van der Waals surface area contributed by atoms with Crippen molar-refractivity contribution in [3.05, 3.63) is 12.3 Å². The van der Waals surface area contributed by atoms with E-state index in [9.17, 15) is 4.79 Å². The van der Waals surface area contributed by atoms with Gasteiger partial charge in [0.25, 0.3) is 5.91 Å². The second-order valence-electron chi connectivity index (χ2n) is 2.51. The molecule has 6 heteroatoms. The Morgan fingerprint density at radius 3 is 3.00 bits per heavy atom. The van der Waals surface area contributed by atoms with Crippen LogP contribution in [0.5, 0.6) is 0 Å². The predicted octanol–water partition coefficient (Wildman–Crippen LogP) is -0.515. The molecule has 0 saturated heterocycles. The van der Waals surface area contributed by atoms with Gasteiger partial charge in [-0.15, -0.1) is 0 Å². The van der Waals surface area contributed by atoms with Crippen LogP contribution >= 0.6 is 0 Å². The topological polar surface area (TPSA) is 73.4 Å². The molecule has 1 rings (SSSR count). The third-order valence-corrected chi connectivity index (χ3v) is 1.58. The summed E-state index contributed by atoms with van der Waals surface area (Å²) < 4.78 is 1.45. The predicted molar refractivity (Wildman–Crippen MR) is 46.4 cm³/mol. The number of carbonyl (C=O) groups is 1. The normalized spacial score (nSPS) is 10.0. The molecule has 1 heterocycles. The lowest BCUT2D eigenvalue weighted by Gasteiger charge is -2.12. The number of nitrogens with zero attached hydrogens (tertiary/aromatic N) is 3. The van der Waals surface area contributed by atoms with Crippen molar-refractivity contribution in [2.24, 2.45) is 0 Å². The van der Waals surface area contributed by atoms with Crippen LogP contribution in [0.4, 0.5) is 5.82 Å². The molecule has 0 aliphatic rings. The van der Waals surface area contributed by atoms with Gasteiger partial charge in [-0.1, -0.05) is 0 Å². The van der Waals surface area contributed by atoms with Crippen LogP contribution in [-0.2, 0) is 16.2 Å². The molecule has 0 radical (unpaired) electrons. The average Bonchev–Trinajstić information content (AvgIpc) is 2.49. The van der Waals surface area contributed by atoms with E-state index in [1.54, 1.807) is 12.3 Å². The Hall–Kier alpha value is -1.56. The molecule has 1 aromatic heterocycles. The van der Waals surface area contributed by atoms with Gasteiger partial charge in [-0.2, -0.15) is 5.10 Å². The highest BCUT2D eigenvalue weighted by Crippen LogP contribution is 1.96. The Labute approximate surface area is 75.8 Å². The van der Waals surface area contributed by atoms with E-state index < -0.39 is 0 Å². The van der Waals surface area contributed by atoms with Crippen LogP contribution in [0.15, 0.2) is 12.3 Å². The fourth-order valence-electron chi connectivity index (χ4n) is 0.805. The summed E-state index contributed by atoms with van der Waals surface area (Å²) >= 11 is 0. The van der Waals surface area contributed by atoms with Crippen molar-refractivity contribution in [1.82, 2.24) is 14.8 Å². The smallest absolute Gasteiger partial charge is 0.267 e. The third-order valence-electron chi connectivity index (χ3n) is 1.58. The minimum Gasteiger partial charge on any atom is -0.382 e. The SMILES string of the molecule is CON(C)C(=O)Cn1ccc(N)n1. The monoisotopic (exact) mass is 184 g/mol. The highest BCUT2D eigenvalue weighted by atomic mass is 16.7. The number of likely N-dealkylation sites (N-methyl/N-ethyl adjacent to an activating group) is 1. The van der Waals surface area contributed by atoms with E-state index >= 15 is 0 Å². The number of aromatic nitrogens is 2. The van der Waals surface area contributed by atoms with Crippen LogP contribution < -0.4 is 5.73 Å². The minimum absolute atomic E-state index is 0.127. The van der Waals surface area contributed by atoms with E-state index in [4.69, 9.17) is 10.6 Å². The lowest BCUT2D eigenvalue weighted by atomic mass is 10.6. The number of hydrogen-bond acceptors (Lipinski definition) is 4. The molecule has 0 spiro atoms. The first-order valence-electron chi connectivity index (χ1n) is 3.73. The van der Waals surface area contributed by atoms with Gasteiger partial charge in [-0.25, -0.2) is 5.06 Å². The maximum absolute atomic E-state index is 11.3. The molecule has 1 amide bonds. The number of rotatable bonds is 3. The Kier molecular flexibility index (Phi) is 2.86. The first-order chi connectivity index (χ1) is 6.13. The first kappa shape index (κ1) is 9.53. The Bertz CT molecular complexity index is 296. The van der Waals surface area contributed by atoms with Gasteiger partial charge in [0.1, 0.15) is 12.4 Å². The largest absolute Gasteiger partial charge is 0.382 e. The molecule has 0 aliphatic heterocycles. The summed E-state index contributed by atoms with van der Waals surface area (Å²) in [6.07, 6.45) is 1.64. The number of carbonyl (C=O) groups excluding carboxylic acids is 1. The number of hydroxylamine groups is 2. The lowest BCUT2D eigenvalue weighted by molar-refractivity contribution is -0.169. The van der Waals surface area contributed by atoms with Gasteiger partial charge in [0, 0.05) is 13.2 Å². The van der Waals surface area contributed by atoms with Crippen LogP contribution in [-0.4, -0.2) is 34.9 Å². The van der Waals surface area contributed by atoms with Crippen LogP contribution in [0.25, 0.3) is 0 Å². The quantitative estimate of drug-likeness (QED) is 0.642. The minimum atomic E-state index is -0.189. The van der Waals surface area contributed by atoms with Crippen molar-refractivity contribution in [1.29, 1.82) is 0 Å². The zero-order valence-electron chi connectivity index (χ0n) is 7.60. The molecule has 0 bridgehead atoms. The van der Waals surface area contributed by atoms with Crippen LogP contribution in [0.1, 0.15) is 0 Å². The third kappa shape index (κ3) is 2.45. The second kappa shape index (κ2) is 3.90. The number of amides is 1. The fraction of sp³-hybridized carbons (Fsp3) is 0.429. The van der Waals surface area contributed by atoms with E-state index in [0.717, 1.165) is 5.06 Å². The van der Waals surface area contributed by atoms with Crippen LogP contribution in [0.3, 0.4) is 0 Å². The average molecular weight is 184 g/mol. The maximum Gasteiger partial charge on any atom is 0.267 e. The summed E-state index contributed by atoms with van der Waals surface area (Å²) in [5.41, 5.74) is 5.37. The second-order valence-corrected chi connectivity index (χ2v) is 2.51.